The SMILES string of the molecule is CCCNC(=O)c1ccc(NC(=O)C2(OC)CCNCC2)cc1Cl. The fraction of sp³-hybridized carbons (Fsp3) is 0.529. The summed E-state index contributed by atoms with van der Waals surface area (Å²) in [6.07, 6.45) is 2.08. The van der Waals surface area contributed by atoms with Crippen molar-refractivity contribution < 1.29 is 14.3 Å². The van der Waals surface area contributed by atoms with Crippen LogP contribution in [0.4, 0.5) is 5.69 Å². The summed E-state index contributed by atoms with van der Waals surface area (Å²) >= 11 is 6.19. The number of halogens is 1. The van der Waals surface area contributed by atoms with Crippen LogP contribution in [0.1, 0.15) is 36.5 Å². The molecule has 24 heavy (non-hydrogen) atoms. The number of anilines is 1. The predicted octanol–water partition coefficient (Wildman–Crippen LogP) is 2.19. The molecule has 1 fully saturated rings. The van der Waals surface area contributed by atoms with E-state index in [1.807, 2.05) is 6.92 Å². The van der Waals surface area contributed by atoms with E-state index in [0.29, 0.717) is 35.7 Å². The highest BCUT2D eigenvalue weighted by molar-refractivity contribution is 6.34. The first-order valence-corrected chi connectivity index (χ1v) is 8.55. The first kappa shape index (κ1) is 18.7. The summed E-state index contributed by atoms with van der Waals surface area (Å²) < 4.78 is 5.50. The Kier molecular flexibility index (Phi) is 6.60. The Morgan fingerprint density at radius 3 is 2.62 bits per heavy atom. The molecule has 0 unspecified atom stereocenters. The summed E-state index contributed by atoms with van der Waals surface area (Å²) in [6.45, 7) is 4.04. The number of benzene rings is 1. The molecule has 0 aromatic heterocycles. The lowest BCUT2D eigenvalue weighted by Crippen LogP contribution is -2.51. The van der Waals surface area contributed by atoms with Crippen molar-refractivity contribution in [3.63, 3.8) is 0 Å². The Balaban J connectivity index is 2.08. The quantitative estimate of drug-likeness (QED) is 0.732. The van der Waals surface area contributed by atoms with Gasteiger partial charge in [0.05, 0.1) is 10.6 Å². The molecule has 1 aromatic carbocycles. The molecule has 1 aliphatic heterocycles. The highest BCUT2D eigenvalue weighted by Gasteiger charge is 2.39. The molecule has 2 amide bonds. The molecular weight excluding hydrogens is 330 g/mol. The third kappa shape index (κ3) is 4.26. The molecule has 6 nitrogen and oxygen atoms in total. The van der Waals surface area contributed by atoms with Crippen molar-refractivity contribution in [1.29, 1.82) is 0 Å². The smallest absolute Gasteiger partial charge is 0.256 e. The van der Waals surface area contributed by atoms with Gasteiger partial charge in [-0.15, -0.1) is 0 Å². The fourth-order valence-corrected chi connectivity index (χ4v) is 2.98. The minimum atomic E-state index is -0.825. The second-order valence-corrected chi connectivity index (χ2v) is 6.26. The van der Waals surface area contributed by atoms with Crippen LogP contribution in [-0.2, 0) is 9.53 Å². The molecule has 0 aliphatic carbocycles. The Bertz CT molecular complexity index is 601. The monoisotopic (exact) mass is 353 g/mol. The van der Waals surface area contributed by atoms with Gasteiger partial charge in [0.2, 0.25) is 0 Å². The van der Waals surface area contributed by atoms with Gasteiger partial charge in [-0.25, -0.2) is 0 Å². The van der Waals surface area contributed by atoms with E-state index >= 15 is 0 Å². The molecule has 0 radical (unpaired) electrons. The van der Waals surface area contributed by atoms with Crippen molar-refractivity contribution in [2.75, 3.05) is 32.1 Å². The molecule has 3 N–H and O–H groups in total. The van der Waals surface area contributed by atoms with Crippen molar-refractivity contribution in [3.8, 4) is 0 Å². The summed E-state index contributed by atoms with van der Waals surface area (Å²) in [4.78, 5) is 24.6. The number of rotatable bonds is 6. The van der Waals surface area contributed by atoms with Crippen LogP contribution in [-0.4, -0.2) is 44.2 Å². The van der Waals surface area contributed by atoms with Gasteiger partial charge in [0.25, 0.3) is 11.8 Å². The normalized spacial score (nSPS) is 16.5. The van der Waals surface area contributed by atoms with Crippen LogP contribution in [0.5, 0.6) is 0 Å². The number of carbonyl (C=O) groups is 2. The van der Waals surface area contributed by atoms with Gasteiger partial charge < -0.3 is 20.7 Å². The number of methoxy groups -OCH3 is 1. The molecule has 1 aliphatic rings. The van der Waals surface area contributed by atoms with E-state index in [-0.39, 0.29) is 11.8 Å². The van der Waals surface area contributed by atoms with Crippen LogP contribution in [0.25, 0.3) is 0 Å². The highest BCUT2D eigenvalue weighted by Crippen LogP contribution is 2.26. The Labute approximate surface area is 147 Å². The van der Waals surface area contributed by atoms with Gasteiger partial charge in [-0.2, -0.15) is 0 Å². The molecule has 2 rings (SSSR count). The van der Waals surface area contributed by atoms with Crippen LogP contribution in [0.2, 0.25) is 5.02 Å². The van der Waals surface area contributed by atoms with E-state index in [2.05, 4.69) is 16.0 Å². The molecular formula is C17H24ClN3O3. The molecule has 1 saturated heterocycles. The fourth-order valence-electron chi connectivity index (χ4n) is 2.71. The number of nitrogens with one attached hydrogen (secondary N) is 3. The lowest BCUT2D eigenvalue weighted by Gasteiger charge is -2.34. The molecule has 132 valence electrons. The Morgan fingerprint density at radius 1 is 1.33 bits per heavy atom. The number of amides is 2. The molecule has 0 spiro atoms. The molecule has 0 atom stereocenters. The number of ether oxygens (including phenoxy) is 1. The third-order valence-corrected chi connectivity index (χ3v) is 4.54. The van der Waals surface area contributed by atoms with Gasteiger partial charge in [-0.05, 0) is 50.6 Å². The zero-order valence-corrected chi connectivity index (χ0v) is 14.8. The number of piperidine rings is 1. The lowest BCUT2D eigenvalue weighted by atomic mass is 9.91. The van der Waals surface area contributed by atoms with E-state index < -0.39 is 5.60 Å². The van der Waals surface area contributed by atoms with Crippen molar-refractivity contribution in [3.05, 3.63) is 28.8 Å². The Morgan fingerprint density at radius 2 is 2.04 bits per heavy atom. The van der Waals surface area contributed by atoms with Gasteiger partial charge in [0, 0.05) is 19.3 Å². The molecule has 0 saturated carbocycles. The first-order chi connectivity index (χ1) is 11.5. The van der Waals surface area contributed by atoms with E-state index in [9.17, 15) is 9.59 Å². The van der Waals surface area contributed by atoms with Crippen LogP contribution in [0, 0.1) is 0 Å². The zero-order valence-electron chi connectivity index (χ0n) is 14.1. The highest BCUT2D eigenvalue weighted by atomic mass is 35.5. The van der Waals surface area contributed by atoms with Gasteiger partial charge in [0.15, 0.2) is 0 Å². The lowest BCUT2D eigenvalue weighted by molar-refractivity contribution is -0.140. The maximum Gasteiger partial charge on any atom is 0.256 e. The second-order valence-electron chi connectivity index (χ2n) is 5.85. The summed E-state index contributed by atoms with van der Waals surface area (Å²) in [5, 5.41) is 9.14. The number of hydrogen-bond acceptors (Lipinski definition) is 4. The van der Waals surface area contributed by atoms with Crippen LogP contribution >= 0.6 is 11.6 Å². The van der Waals surface area contributed by atoms with Gasteiger partial charge in [-0.1, -0.05) is 18.5 Å². The van der Waals surface area contributed by atoms with Crippen LogP contribution in [0.3, 0.4) is 0 Å². The van der Waals surface area contributed by atoms with Crippen molar-refractivity contribution in [1.82, 2.24) is 10.6 Å². The van der Waals surface area contributed by atoms with Gasteiger partial charge in [0.1, 0.15) is 5.60 Å². The molecule has 1 aromatic rings. The molecule has 1 heterocycles. The minimum absolute atomic E-state index is 0.189. The predicted molar refractivity (Wildman–Crippen MR) is 94.5 cm³/mol. The summed E-state index contributed by atoms with van der Waals surface area (Å²) in [7, 11) is 1.55. The summed E-state index contributed by atoms with van der Waals surface area (Å²) in [6, 6.07) is 4.88. The standard InChI is InChI=1S/C17H24ClN3O3/c1-3-8-20-15(22)13-5-4-12(11-14(13)18)21-16(23)17(24-2)6-9-19-10-7-17/h4-5,11,19H,3,6-10H2,1-2H3,(H,20,22)(H,21,23). The minimum Gasteiger partial charge on any atom is -0.368 e. The summed E-state index contributed by atoms with van der Waals surface area (Å²) in [5.74, 6) is -0.405. The van der Waals surface area contributed by atoms with Crippen molar-refractivity contribution in [2.24, 2.45) is 0 Å². The maximum absolute atomic E-state index is 12.6. The molecule has 0 bridgehead atoms. The molecule has 7 heteroatoms. The Hall–Kier alpha value is -1.63. The third-order valence-electron chi connectivity index (χ3n) is 4.22. The van der Waals surface area contributed by atoms with E-state index in [1.165, 1.54) is 0 Å². The number of carbonyl (C=O) groups excluding carboxylic acids is 2. The van der Waals surface area contributed by atoms with E-state index in [4.69, 9.17) is 16.3 Å². The van der Waals surface area contributed by atoms with E-state index in [0.717, 1.165) is 19.5 Å². The van der Waals surface area contributed by atoms with E-state index in [1.54, 1.807) is 25.3 Å². The number of hydrogen-bond donors (Lipinski definition) is 3. The van der Waals surface area contributed by atoms with Crippen molar-refractivity contribution >= 4 is 29.1 Å². The van der Waals surface area contributed by atoms with Gasteiger partial charge in [-0.3, -0.25) is 9.59 Å². The van der Waals surface area contributed by atoms with Crippen LogP contribution in [0.15, 0.2) is 18.2 Å². The van der Waals surface area contributed by atoms with Gasteiger partial charge >= 0.3 is 0 Å². The first-order valence-electron chi connectivity index (χ1n) is 8.17. The zero-order chi connectivity index (χ0) is 17.6. The average molecular weight is 354 g/mol. The second kappa shape index (κ2) is 8.46. The average Bonchev–Trinajstić information content (AvgIpc) is 2.60. The van der Waals surface area contributed by atoms with Crippen molar-refractivity contribution in [2.45, 2.75) is 31.8 Å². The summed E-state index contributed by atoms with van der Waals surface area (Å²) in [5.41, 5.74) is 0.118. The largest absolute Gasteiger partial charge is 0.368 e. The maximum atomic E-state index is 12.6. The topological polar surface area (TPSA) is 79.5 Å². The van der Waals surface area contributed by atoms with Crippen LogP contribution < -0.4 is 16.0 Å².